The average molecular weight is 506 g/mol. The first-order valence-electron chi connectivity index (χ1n) is 12.4. The van der Waals surface area contributed by atoms with Crippen molar-refractivity contribution in [3.63, 3.8) is 0 Å². The molecule has 2 amide bonds. The van der Waals surface area contributed by atoms with E-state index in [2.05, 4.69) is 20.5 Å². The van der Waals surface area contributed by atoms with Gasteiger partial charge in [-0.2, -0.15) is 5.10 Å². The Balaban J connectivity index is 1.40. The Morgan fingerprint density at radius 1 is 1.19 bits per heavy atom. The van der Waals surface area contributed by atoms with Crippen molar-refractivity contribution in [2.75, 3.05) is 31.0 Å². The molecule has 3 aromatic heterocycles. The zero-order valence-corrected chi connectivity index (χ0v) is 21.4. The van der Waals surface area contributed by atoms with Gasteiger partial charge in [-0.05, 0) is 43.5 Å². The van der Waals surface area contributed by atoms with Gasteiger partial charge in [0.15, 0.2) is 0 Å². The quantitative estimate of drug-likeness (QED) is 0.290. The SMILES string of the molecule is COCCc1c(NC(=O)c2ccc(-c3cn[nH]c3)s2)[nH]c2cc(N(C)C(=O)C3CCCCC3)ccc12. The first kappa shape index (κ1) is 24.3. The third-order valence-corrected chi connectivity index (χ3v) is 8.10. The zero-order chi connectivity index (χ0) is 25.1. The fraction of sp³-hybridized carbons (Fsp3) is 0.370. The Hall–Kier alpha value is -3.43. The van der Waals surface area contributed by atoms with Crippen LogP contribution in [0.4, 0.5) is 11.5 Å². The van der Waals surface area contributed by atoms with Crippen molar-refractivity contribution in [1.29, 1.82) is 0 Å². The van der Waals surface area contributed by atoms with Gasteiger partial charge >= 0.3 is 0 Å². The molecule has 0 spiro atoms. The number of benzene rings is 1. The number of nitrogens with one attached hydrogen (secondary N) is 3. The van der Waals surface area contributed by atoms with Gasteiger partial charge in [-0.1, -0.05) is 25.3 Å². The minimum Gasteiger partial charge on any atom is -0.384 e. The highest BCUT2D eigenvalue weighted by Gasteiger charge is 2.25. The molecule has 1 saturated carbocycles. The van der Waals surface area contributed by atoms with E-state index in [1.807, 2.05) is 43.6 Å². The topological polar surface area (TPSA) is 103 Å². The fourth-order valence-electron chi connectivity index (χ4n) is 4.95. The molecule has 3 heterocycles. The highest BCUT2D eigenvalue weighted by atomic mass is 32.1. The van der Waals surface area contributed by atoms with E-state index in [-0.39, 0.29) is 17.7 Å². The number of aromatic nitrogens is 3. The number of rotatable bonds is 8. The molecule has 8 nitrogen and oxygen atoms in total. The number of thiophene rings is 1. The van der Waals surface area contributed by atoms with Gasteiger partial charge < -0.3 is 19.9 Å². The Bertz CT molecular complexity index is 1350. The smallest absolute Gasteiger partial charge is 0.266 e. The third kappa shape index (κ3) is 4.94. The predicted molar refractivity (Wildman–Crippen MR) is 144 cm³/mol. The molecule has 188 valence electrons. The highest BCUT2D eigenvalue weighted by molar-refractivity contribution is 7.17. The Kier molecular flexibility index (Phi) is 7.20. The van der Waals surface area contributed by atoms with Crippen LogP contribution in [0.1, 0.15) is 47.3 Å². The molecule has 0 saturated heterocycles. The molecular weight excluding hydrogens is 474 g/mol. The molecule has 36 heavy (non-hydrogen) atoms. The average Bonchev–Trinajstić information content (AvgIpc) is 3.67. The lowest BCUT2D eigenvalue weighted by Gasteiger charge is -2.26. The van der Waals surface area contributed by atoms with E-state index in [0.29, 0.717) is 23.7 Å². The lowest BCUT2D eigenvalue weighted by molar-refractivity contribution is -0.123. The minimum atomic E-state index is -0.176. The zero-order valence-electron chi connectivity index (χ0n) is 20.6. The second-order valence-electron chi connectivity index (χ2n) is 9.29. The number of aromatic amines is 2. The van der Waals surface area contributed by atoms with Gasteiger partial charge in [0, 0.05) is 58.9 Å². The number of fused-ring (bicyclic) bond motifs is 1. The van der Waals surface area contributed by atoms with Crippen LogP contribution in [0.25, 0.3) is 21.3 Å². The first-order valence-corrected chi connectivity index (χ1v) is 13.2. The monoisotopic (exact) mass is 505 g/mol. The van der Waals surface area contributed by atoms with Gasteiger partial charge in [0.05, 0.1) is 17.7 Å². The molecule has 3 N–H and O–H groups in total. The van der Waals surface area contributed by atoms with Gasteiger partial charge in [-0.15, -0.1) is 11.3 Å². The van der Waals surface area contributed by atoms with E-state index in [1.165, 1.54) is 17.8 Å². The number of anilines is 2. The van der Waals surface area contributed by atoms with Gasteiger partial charge in [-0.3, -0.25) is 14.7 Å². The number of H-pyrrole nitrogens is 2. The van der Waals surface area contributed by atoms with Crippen LogP contribution < -0.4 is 10.2 Å². The summed E-state index contributed by atoms with van der Waals surface area (Å²) in [4.78, 5) is 32.9. The van der Waals surface area contributed by atoms with Crippen LogP contribution in [0.15, 0.2) is 42.7 Å². The molecule has 9 heteroatoms. The maximum Gasteiger partial charge on any atom is 0.266 e. The van der Waals surface area contributed by atoms with E-state index in [1.54, 1.807) is 18.2 Å². The van der Waals surface area contributed by atoms with Gasteiger partial charge in [0.1, 0.15) is 5.82 Å². The van der Waals surface area contributed by atoms with Gasteiger partial charge in [0.2, 0.25) is 5.91 Å². The molecule has 4 aromatic rings. The van der Waals surface area contributed by atoms with Crippen molar-refractivity contribution in [3.05, 3.63) is 53.2 Å². The molecule has 0 atom stereocenters. The lowest BCUT2D eigenvalue weighted by atomic mass is 9.88. The number of hydrogen-bond acceptors (Lipinski definition) is 5. The van der Waals surface area contributed by atoms with Crippen LogP contribution in [0.5, 0.6) is 0 Å². The molecule has 1 aliphatic carbocycles. The normalized spacial score (nSPS) is 14.3. The third-order valence-electron chi connectivity index (χ3n) is 6.97. The predicted octanol–water partition coefficient (Wildman–Crippen LogP) is 5.60. The van der Waals surface area contributed by atoms with Crippen molar-refractivity contribution in [3.8, 4) is 10.4 Å². The van der Waals surface area contributed by atoms with Gasteiger partial charge in [-0.25, -0.2) is 0 Å². The summed E-state index contributed by atoms with van der Waals surface area (Å²) < 4.78 is 5.33. The molecular formula is C27H31N5O3S. The molecule has 1 aromatic carbocycles. The van der Waals surface area contributed by atoms with Gasteiger partial charge in [0.25, 0.3) is 5.91 Å². The molecule has 1 fully saturated rings. The van der Waals surface area contributed by atoms with Crippen LogP contribution in [0.2, 0.25) is 0 Å². The maximum atomic E-state index is 13.1. The number of nitrogens with zero attached hydrogens (tertiary/aromatic N) is 2. The molecule has 0 unspecified atom stereocenters. The summed E-state index contributed by atoms with van der Waals surface area (Å²) in [5, 5.41) is 10.9. The van der Waals surface area contributed by atoms with Crippen LogP contribution in [-0.4, -0.2) is 47.8 Å². The number of amides is 2. The Morgan fingerprint density at radius 3 is 2.78 bits per heavy atom. The highest BCUT2D eigenvalue weighted by Crippen LogP contribution is 2.33. The maximum absolute atomic E-state index is 13.1. The van der Waals surface area contributed by atoms with Crippen molar-refractivity contribution in [2.24, 2.45) is 5.92 Å². The number of hydrogen-bond donors (Lipinski definition) is 3. The first-order chi connectivity index (χ1) is 17.5. The summed E-state index contributed by atoms with van der Waals surface area (Å²) in [6.45, 7) is 0.529. The molecule has 1 aliphatic rings. The second kappa shape index (κ2) is 10.7. The van der Waals surface area contributed by atoms with Crippen LogP contribution >= 0.6 is 11.3 Å². The van der Waals surface area contributed by atoms with E-state index in [0.717, 1.165) is 58.3 Å². The van der Waals surface area contributed by atoms with Crippen LogP contribution in [0, 0.1) is 5.92 Å². The van der Waals surface area contributed by atoms with E-state index in [9.17, 15) is 9.59 Å². The Labute approximate surface area is 214 Å². The van der Waals surface area contributed by atoms with Crippen LogP contribution in [-0.2, 0) is 16.0 Å². The number of carbonyl (C=O) groups excluding carboxylic acids is 2. The van der Waals surface area contributed by atoms with E-state index in [4.69, 9.17) is 4.74 Å². The lowest BCUT2D eigenvalue weighted by Crippen LogP contribution is -2.33. The molecule has 5 rings (SSSR count). The summed E-state index contributed by atoms with van der Waals surface area (Å²) >= 11 is 1.42. The fourth-order valence-corrected chi connectivity index (χ4v) is 5.83. The van der Waals surface area contributed by atoms with Crippen molar-refractivity contribution in [2.45, 2.75) is 38.5 Å². The molecule has 0 radical (unpaired) electrons. The summed E-state index contributed by atoms with van der Waals surface area (Å²) in [7, 11) is 3.52. The Morgan fingerprint density at radius 2 is 2.03 bits per heavy atom. The number of carbonyl (C=O) groups is 2. The summed E-state index contributed by atoms with van der Waals surface area (Å²) in [6, 6.07) is 9.74. The largest absolute Gasteiger partial charge is 0.384 e. The summed E-state index contributed by atoms with van der Waals surface area (Å²) in [5.74, 6) is 0.765. The molecule has 0 aliphatic heterocycles. The molecule has 0 bridgehead atoms. The minimum absolute atomic E-state index is 0.105. The standard InChI is InChI=1S/C27H31N5O3S/c1-32(27(34)17-6-4-3-5-7-17)19-8-9-20-21(12-13-35-2)25(30-22(20)14-19)31-26(33)24-11-10-23(36-24)18-15-28-29-16-18/h8-11,14-17,30H,3-7,12-13H2,1-2H3,(H,28,29)(H,31,33). The summed E-state index contributed by atoms with van der Waals surface area (Å²) in [5.41, 5.74) is 3.66. The van der Waals surface area contributed by atoms with Crippen molar-refractivity contribution < 1.29 is 14.3 Å². The van der Waals surface area contributed by atoms with Crippen molar-refractivity contribution in [1.82, 2.24) is 15.2 Å². The van der Waals surface area contributed by atoms with E-state index < -0.39 is 0 Å². The van der Waals surface area contributed by atoms with Crippen LogP contribution in [0.3, 0.4) is 0 Å². The van der Waals surface area contributed by atoms with E-state index >= 15 is 0 Å². The van der Waals surface area contributed by atoms with Crippen molar-refractivity contribution >= 4 is 45.6 Å². The number of ether oxygens (including phenoxy) is 1. The number of methoxy groups -OCH3 is 1. The summed E-state index contributed by atoms with van der Waals surface area (Å²) in [6.07, 6.45) is 9.60. The second-order valence-corrected chi connectivity index (χ2v) is 10.4.